The Morgan fingerprint density at radius 3 is 2.91 bits per heavy atom. The molecule has 1 aliphatic heterocycles. The zero-order chi connectivity index (χ0) is 15.8. The number of aliphatic hydroxyl groups is 1. The van der Waals surface area contributed by atoms with E-state index in [1.54, 1.807) is 0 Å². The Hall–Kier alpha value is -1.74. The molecule has 2 fully saturated rings. The summed E-state index contributed by atoms with van der Waals surface area (Å²) in [5, 5.41) is 18.3. The molecule has 0 aromatic carbocycles. The van der Waals surface area contributed by atoms with Gasteiger partial charge in [0.05, 0.1) is 31.6 Å². The van der Waals surface area contributed by atoms with Crippen LogP contribution in [0.5, 0.6) is 5.75 Å². The highest BCUT2D eigenvalue weighted by Gasteiger charge is 2.61. The number of rotatable bonds is 5. The lowest BCUT2D eigenvalue weighted by Crippen LogP contribution is -2.62. The van der Waals surface area contributed by atoms with Crippen molar-refractivity contribution in [2.45, 2.75) is 42.9 Å². The first-order valence-electron chi connectivity index (χ1n) is 7.07. The number of hydrogen-bond donors (Lipinski definition) is 3. The van der Waals surface area contributed by atoms with E-state index in [0.29, 0.717) is 12.2 Å². The summed E-state index contributed by atoms with van der Waals surface area (Å²) in [4.78, 5) is 11.9. The number of alkyl halides is 2. The summed E-state index contributed by atoms with van der Waals surface area (Å²) in [5.41, 5.74) is -2.24. The second-order valence-corrected chi connectivity index (χ2v) is 5.67. The molecular weight excluding hydrogens is 300 g/mol. The maximum atomic E-state index is 14.0. The van der Waals surface area contributed by atoms with Gasteiger partial charge in [0.25, 0.3) is 5.91 Å². The molecule has 0 unspecified atom stereocenters. The van der Waals surface area contributed by atoms with Crippen molar-refractivity contribution in [1.29, 1.82) is 0 Å². The minimum Gasteiger partial charge on any atom is -0.482 e. The number of amides is 1. The van der Waals surface area contributed by atoms with Gasteiger partial charge in [-0.15, -0.1) is 0 Å². The lowest BCUT2D eigenvalue weighted by molar-refractivity contribution is -0.216. The minimum absolute atomic E-state index is 0.0722. The van der Waals surface area contributed by atoms with Crippen LogP contribution in [0, 0.1) is 0 Å². The number of aromatic amines is 1. The molecule has 2 aliphatic rings. The molecule has 1 saturated carbocycles. The molecule has 122 valence electrons. The van der Waals surface area contributed by atoms with Gasteiger partial charge in [-0.3, -0.25) is 9.89 Å². The molecule has 2 heterocycles. The third kappa shape index (κ3) is 2.54. The van der Waals surface area contributed by atoms with Crippen LogP contribution in [-0.2, 0) is 9.53 Å². The van der Waals surface area contributed by atoms with Crippen molar-refractivity contribution >= 4 is 5.91 Å². The van der Waals surface area contributed by atoms with Gasteiger partial charge in [0.2, 0.25) is 0 Å². The molecule has 0 bridgehead atoms. The van der Waals surface area contributed by atoms with Crippen molar-refractivity contribution in [3.05, 3.63) is 12.4 Å². The van der Waals surface area contributed by atoms with Crippen LogP contribution in [0.25, 0.3) is 0 Å². The fourth-order valence-corrected chi connectivity index (χ4v) is 2.56. The Morgan fingerprint density at radius 1 is 1.55 bits per heavy atom. The highest BCUT2D eigenvalue weighted by atomic mass is 19.3. The van der Waals surface area contributed by atoms with Gasteiger partial charge in [0.15, 0.2) is 5.75 Å². The lowest BCUT2D eigenvalue weighted by atomic mass is 9.75. The Kier molecular flexibility index (Phi) is 3.77. The molecule has 22 heavy (non-hydrogen) atoms. The molecule has 1 amide bonds. The number of halogens is 2. The van der Waals surface area contributed by atoms with Crippen LogP contribution in [0.1, 0.15) is 19.3 Å². The Labute approximate surface area is 125 Å². The quantitative estimate of drug-likeness (QED) is 0.722. The number of carbonyl (C=O) groups is 1. The van der Waals surface area contributed by atoms with Gasteiger partial charge in [-0.25, -0.2) is 0 Å². The topological polar surface area (TPSA) is 96.5 Å². The molecule has 7 nitrogen and oxygen atoms in total. The number of nitrogens with one attached hydrogen (secondary N) is 2. The van der Waals surface area contributed by atoms with E-state index in [2.05, 4.69) is 15.5 Å². The van der Waals surface area contributed by atoms with Crippen molar-refractivity contribution in [2.75, 3.05) is 13.2 Å². The van der Waals surface area contributed by atoms with Crippen LogP contribution in [0.2, 0.25) is 0 Å². The first-order valence-corrected chi connectivity index (χ1v) is 7.07. The standard InChI is InChI=1S/C13H17F2N3O4/c14-13(15,12(20)2-1-3-12)11(19)18-9-6-21-7-10(9)22-8-4-16-17-5-8/h4-5,9-10,20H,1-3,6-7H2,(H,16,17)(H,18,19)/t9-,10+/m0/s1. The normalized spacial score (nSPS) is 27.2. The third-order valence-corrected chi connectivity index (χ3v) is 4.16. The van der Waals surface area contributed by atoms with E-state index in [1.807, 2.05) is 0 Å². The zero-order valence-electron chi connectivity index (χ0n) is 11.7. The van der Waals surface area contributed by atoms with E-state index in [-0.39, 0.29) is 26.1 Å². The summed E-state index contributed by atoms with van der Waals surface area (Å²) in [6.07, 6.45) is 2.67. The van der Waals surface area contributed by atoms with Gasteiger partial charge in [-0.2, -0.15) is 13.9 Å². The minimum atomic E-state index is -3.83. The molecule has 0 radical (unpaired) electrons. The van der Waals surface area contributed by atoms with Crippen LogP contribution < -0.4 is 10.1 Å². The highest BCUT2D eigenvalue weighted by Crippen LogP contribution is 2.44. The maximum absolute atomic E-state index is 14.0. The second-order valence-electron chi connectivity index (χ2n) is 5.67. The summed E-state index contributed by atoms with van der Waals surface area (Å²) in [5.74, 6) is -4.89. The molecule has 3 rings (SSSR count). The Morgan fingerprint density at radius 2 is 2.32 bits per heavy atom. The van der Waals surface area contributed by atoms with Crippen molar-refractivity contribution in [1.82, 2.24) is 15.5 Å². The second kappa shape index (κ2) is 5.47. The smallest absolute Gasteiger partial charge is 0.352 e. The molecule has 0 spiro atoms. The number of ether oxygens (including phenoxy) is 2. The van der Waals surface area contributed by atoms with Crippen molar-refractivity contribution in [3.8, 4) is 5.75 Å². The molecule has 1 aromatic rings. The van der Waals surface area contributed by atoms with E-state index < -0.39 is 29.6 Å². The van der Waals surface area contributed by atoms with Gasteiger partial charge in [0.1, 0.15) is 11.7 Å². The van der Waals surface area contributed by atoms with Crippen LogP contribution in [-0.4, -0.2) is 58.1 Å². The number of carbonyl (C=O) groups excluding carboxylic acids is 1. The first-order chi connectivity index (χ1) is 10.4. The maximum Gasteiger partial charge on any atom is 0.352 e. The van der Waals surface area contributed by atoms with Crippen LogP contribution in [0.4, 0.5) is 8.78 Å². The van der Waals surface area contributed by atoms with Crippen molar-refractivity contribution in [2.24, 2.45) is 0 Å². The molecule has 2 atom stereocenters. The van der Waals surface area contributed by atoms with E-state index in [1.165, 1.54) is 12.4 Å². The number of aromatic nitrogens is 2. The Balaban J connectivity index is 1.62. The summed E-state index contributed by atoms with van der Waals surface area (Å²) < 4.78 is 38.8. The SMILES string of the molecule is O=C(N[C@H]1COC[C@H]1Oc1cn[nH]c1)C(F)(F)C1(O)CCC1. The monoisotopic (exact) mass is 317 g/mol. The van der Waals surface area contributed by atoms with Crippen molar-refractivity contribution < 1.29 is 28.2 Å². The van der Waals surface area contributed by atoms with E-state index in [0.717, 1.165) is 0 Å². The largest absolute Gasteiger partial charge is 0.482 e. The first kappa shape index (κ1) is 15.2. The highest BCUT2D eigenvalue weighted by molar-refractivity contribution is 5.85. The fourth-order valence-electron chi connectivity index (χ4n) is 2.56. The molecule has 1 saturated heterocycles. The van der Waals surface area contributed by atoms with E-state index in [9.17, 15) is 18.7 Å². The number of hydrogen-bond acceptors (Lipinski definition) is 5. The van der Waals surface area contributed by atoms with Gasteiger partial charge in [0, 0.05) is 0 Å². The summed E-state index contributed by atoms with van der Waals surface area (Å²) in [6.45, 7) is 0.245. The summed E-state index contributed by atoms with van der Waals surface area (Å²) in [6, 6.07) is -0.711. The predicted octanol–water partition coefficient (Wildman–Crippen LogP) is 0.222. The molecular formula is C13H17F2N3O4. The van der Waals surface area contributed by atoms with E-state index >= 15 is 0 Å². The number of nitrogens with zero attached hydrogens (tertiary/aromatic N) is 1. The van der Waals surface area contributed by atoms with Gasteiger partial charge >= 0.3 is 5.92 Å². The molecule has 9 heteroatoms. The van der Waals surface area contributed by atoms with Crippen LogP contribution >= 0.6 is 0 Å². The van der Waals surface area contributed by atoms with Gasteiger partial charge in [-0.05, 0) is 19.3 Å². The van der Waals surface area contributed by atoms with Crippen LogP contribution in [0.3, 0.4) is 0 Å². The number of H-pyrrole nitrogens is 1. The van der Waals surface area contributed by atoms with Gasteiger partial charge < -0.3 is 19.9 Å². The third-order valence-electron chi connectivity index (χ3n) is 4.16. The summed E-state index contributed by atoms with van der Waals surface area (Å²) in [7, 11) is 0. The summed E-state index contributed by atoms with van der Waals surface area (Å²) >= 11 is 0. The molecule has 1 aliphatic carbocycles. The van der Waals surface area contributed by atoms with E-state index in [4.69, 9.17) is 9.47 Å². The molecule has 3 N–H and O–H groups in total. The zero-order valence-corrected chi connectivity index (χ0v) is 11.7. The fraction of sp³-hybridized carbons (Fsp3) is 0.692. The Bertz CT molecular complexity index is 533. The molecule has 1 aromatic heterocycles. The van der Waals surface area contributed by atoms with Crippen molar-refractivity contribution in [3.63, 3.8) is 0 Å². The van der Waals surface area contributed by atoms with Crippen LogP contribution in [0.15, 0.2) is 12.4 Å². The van der Waals surface area contributed by atoms with Gasteiger partial charge in [-0.1, -0.05) is 0 Å². The predicted molar refractivity (Wildman–Crippen MR) is 69.5 cm³/mol. The average Bonchev–Trinajstić information content (AvgIpc) is 3.09. The average molecular weight is 317 g/mol. The lowest BCUT2D eigenvalue weighted by Gasteiger charge is -2.41.